The Labute approximate surface area is 93.8 Å². The molecule has 0 amide bonds. The van der Waals surface area contributed by atoms with Crippen LogP contribution in [0.5, 0.6) is 0 Å². The van der Waals surface area contributed by atoms with Crippen LogP contribution < -0.4 is 5.32 Å². The Balaban J connectivity index is 2.61. The molecular weight excluding hydrogens is 211 g/mol. The van der Waals surface area contributed by atoms with Gasteiger partial charge in [0, 0.05) is 6.04 Å². The fourth-order valence-electron chi connectivity index (χ4n) is 1.35. The predicted octanol–water partition coefficient (Wildman–Crippen LogP) is 1.43. The van der Waals surface area contributed by atoms with Gasteiger partial charge < -0.3 is 4.74 Å². The number of esters is 1. The van der Waals surface area contributed by atoms with Gasteiger partial charge >= 0.3 is 5.97 Å². The molecule has 0 aliphatic carbocycles. The van der Waals surface area contributed by atoms with Crippen molar-refractivity contribution in [1.29, 1.82) is 0 Å². The van der Waals surface area contributed by atoms with Crippen LogP contribution in [0, 0.1) is 5.82 Å². The molecule has 0 saturated heterocycles. The summed E-state index contributed by atoms with van der Waals surface area (Å²) in [5.41, 5.74) is 0.678. The van der Waals surface area contributed by atoms with Gasteiger partial charge in [0.25, 0.3) is 0 Å². The molecule has 0 saturated carbocycles. The Kier molecular flexibility index (Phi) is 4.37. The van der Waals surface area contributed by atoms with Gasteiger partial charge in [-0.15, -0.1) is 0 Å². The van der Waals surface area contributed by atoms with Crippen molar-refractivity contribution in [2.45, 2.75) is 25.9 Å². The lowest BCUT2D eigenvalue weighted by Crippen LogP contribution is -2.36. The smallest absolute Gasteiger partial charge is 0.322 e. The van der Waals surface area contributed by atoms with E-state index in [2.05, 4.69) is 15.0 Å². The lowest BCUT2D eigenvalue weighted by molar-refractivity contribution is -0.142. The number of carbonyl (C=O) groups excluding carboxylic acids is 1. The molecule has 0 bridgehead atoms. The van der Waals surface area contributed by atoms with Crippen molar-refractivity contribution < 1.29 is 13.9 Å². The molecule has 1 rings (SSSR count). The lowest BCUT2D eigenvalue weighted by Gasteiger charge is -2.17. The van der Waals surface area contributed by atoms with Crippen molar-refractivity contribution in [2.75, 3.05) is 7.11 Å². The van der Waals surface area contributed by atoms with Crippen molar-refractivity contribution in [3.8, 4) is 0 Å². The van der Waals surface area contributed by atoms with E-state index >= 15 is 0 Å². The van der Waals surface area contributed by atoms with Gasteiger partial charge in [0.2, 0.25) is 0 Å². The number of methoxy groups -OCH3 is 1. The van der Waals surface area contributed by atoms with Gasteiger partial charge in [-0.2, -0.15) is 0 Å². The first kappa shape index (κ1) is 12.6. The van der Waals surface area contributed by atoms with E-state index in [0.29, 0.717) is 5.69 Å². The maximum absolute atomic E-state index is 12.6. The fraction of sp³-hybridized carbons (Fsp3) is 0.455. The second kappa shape index (κ2) is 5.55. The molecule has 0 spiro atoms. The summed E-state index contributed by atoms with van der Waals surface area (Å²) >= 11 is 0. The largest absolute Gasteiger partial charge is 0.468 e. The minimum Gasteiger partial charge on any atom is -0.468 e. The lowest BCUT2D eigenvalue weighted by atomic mass is 10.2. The van der Waals surface area contributed by atoms with Gasteiger partial charge in [0.15, 0.2) is 0 Å². The third-order valence-electron chi connectivity index (χ3n) is 2.25. The molecule has 4 nitrogen and oxygen atoms in total. The van der Waals surface area contributed by atoms with Crippen LogP contribution in [0.1, 0.15) is 25.6 Å². The van der Waals surface area contributed by atoms with Gasteiger partial charge in [0.1, 0.15) is 11.9 Å². The molecule has 16 heavy (non-hydrogen) atoms. The van der Waals surface area contributed by atoms with Gasteiger partial charge in [-0.05, 0) is 26.0 Å². The van der Waals surface area contributed by atoms with Crippen LogP contribution >= 0.6 is 0 Å². The van der Waals surface area contributed by atoms with Crippen molar-refractivity contribution >= 4 is 5.97 Å². The molecule has 0 aliphatic rings. The number of hydrogen-bond donors (Lipinski definition) is 1. The van der Waals surface area contributed by atoms with Crippen LogP contribution in [0.4, 0.5) is 4.39 Å². The summed E-state index contributed by atoms with van der Waals surface area (Å²) in [5.74, 6) is -0.717. The molecule has 1 aromatic heterocycles. The maximum Gasteiger partial charge on any atom is 0.322 e. The normalized spacial score (nSPS) is 14.2. The van der Waals surface area contributed by atoms with Crippen LogP contribution in [-0.2, 0) is 9.53 Å². The number of nitrogens with zero attached hydrogens (tertiary/aromatic N) is 1. The average Bonchev–Trinajstić information content (AvgIpc) is 2.28. The third-order valence-corrected chi connectivity index (χ3v) is 2.25. The Morgan fingerprint density at radius 2 is 2.19 bits per heavy atom. The van der Waals surface area contributed by atoms with E-state index in [9.17, 15) is 9.18 Å². The molecule has 1 aromatic rings. The highest BCUT2D eigenvalue weighted by atomic mass is 19.1. The highest BCUT2D eigenvalue weighted by Gasteiger charge is 2.16. The quantitative estimate of drug-likeness (QED) is 0.789. The fourth-order valence-corrected chi connectivity index (χ4v) is 1.35. The average molecular weight is 226 g/mol. The van der Waals surface area contributed by atoms with Crippen molar-refractivity contribution in [1.82, 2.24) is 10.3 Å². The number of pyridine rings is 1. The number of halogens is 1. The van der Waals surface area contributed by atoms with E-state index in [1.165, 1.54) is 13.2 Å². The molecule has 2 unspecified atom stereocenters. The topological polar surface area (TPSA) is 51.2 Å². The summed E-state index contributed by atoms with van der Waals surface area (Å²) in [6.07, 6.45) is 1.15. The maximum atomic E-state index is 12.6. The van der Waals surface area contributed by atoms with E-state index in [4.69, 9.17) is 0 Å². The number of carbonyl (C=O) groups is 1. The second-order valence-corrected chi connectivity index (χ2v) is 3.53. The molecule has 1 N–H and O–H groups in total. The minimum absolute atomic E-state index is 0.144. The Hall–Kier alpha value is -1.49. The zero-order chi connectivity index (χ0) is 12.1. The summed E-state index contributed by atoms with van der Waals surface area (Å²) in [6, 6.07) is 2.35. The standard InChI is InChI=1S/C11H15FN2O2/c1-7(14-8(2)11(15)16-3)10-5-4-9(12)6-13-10/h4-8,14H,1-3H3. The molecule has 5 heteroatoms. The number of rotatable bonds is 4. The zero-order valence-electron chi connectivity index (χ0n) is 9.53. The van der Waals surface area contributed by atoms with Crippen molar-refractivity contribution in [3.05, 3.63) is 29.8 Å². The first-order valence-electron chi connectivity index (χ1n) is 5.00. The number of nitrogens with one attached hydrogen (secondary N) is 1. The first-order valence-corrected chi connectivity index (χ1v) is 5.00. The molecule has 2 atom stereocenters. The van der Waals surface area contributed by atoms with E-state index in [0.717, 1.165) is 6.20 Å². The highest BCUT2D eigenvalue weighted by Crippen LogP contribution is 2.10. The van der Waals surface area contributed by atoms with E-state index < -0.39 is 6.04 Å². The highest BCUT2D eigenvalue weighted by molar-refractivity contribution is 5.75. The summed E-state index contributed by atoms with van der Waals surface area (Å²) in [5, 5.41) is 3.01. The third kappa shape index (κ3) is 3.27. The summed E-state index contributed by atoms with van der Waals surface area (Å²) in [7, 11) is 1.33. The monoisotopic (exact) mass is 226 g/mol. The Morgan fingerprint density at radius 3 is 2.69 bits per heavy atom. The van der Waals surface area contributed by atoms with Gasteiger partial charge in [0.05, 0.1) is 19.0 Å². The number of ether oxygens (including phenoxy) is 1. The molecule has 0 aliphatic heterocycles. The SMILES string of the molecule is COC(=O)C(C)NC(C)c1ccc(F)cn1. The molecule has 0 aromatic carbocycles. The van der Waals surface area contributed by atoms with Crippen molar-refractivity contribution in [2.24, 2.45) is 0 Å². The summed E-state index contributed by atoms with van der Waals surface area (Å²) in [4.78, 5) is 15.1. The number of aromatic nitrogens is 1. The van der Waals surface area contributed by atoms with E-state index in [-0.39, 0.29) is 17.8 Å². The zero-order valence-corrected chi connectivity index (χ0v) is 9.53. The predicted molar refractivity (Wildman–Crippen MR) is 57.2 cm³/mol. The molecule has 0 fully saturated rings. The Morgan fingerprint density at radius 1 is 1.50 bits per heavy atom. The van der Waals surface area contributed by atoms with Gasteiger partial charge in [-0.3, -0.25) is 15.1 Å². The second-order valence-electron chi connectivity index (χ2n) is 3.53. The van der Waals surface area contributed by atoms with E-state index in [1.54, 1.807) is 13.0 Å². The number of hydrogen-bond acceptors (Lipinski definition) is 4. The van der Waals surface area contributed by atoms with Crippen LogP contribution in [-0.4, -0.2) is 24.1 Å². The van der Waals surface area contributed by atoms with Crippen LogP contribution in [0.3, 0.4) is 0 Å². The van der Waals surface area contributed by atoms with Gasteiger partial charge in [-0.25, -0.2) is 4.39 Å². The molecular formula is C11H15FN2O2. The Bertz CT molecular complexity index is 354. The summed E-state index contributed by atoms with van der Waals surface area (Å²) < 4.78 is 17.2. The minimum atomic E-state index is -0.424. The molecule has 88 valence electrons. The molecule has 1 heterocycles. The van der Waals surface area contributed by atoms with Crippen LogP contribution in [0.15, 0.2) is 18.3 Å². The van der Waals surface area contributed by atoms with Crippen LogP contribution in [0.25, 0.3) is 0 Å². The van der Waals surface area contributed by atoms with Gasteiger partial charge in [-0.1, -0.05) is 0 Å². The summed E-state index contributed by atoms with van der Waals surface area (Å²) in [6.45, 7) is 3.55. The molecule has 0 radical (unpaired) electrons. The van der Waals surface area contributed by atoms with Crippen LogP contribution in [0.2, 0.25) is 0 Å². The van der Waals surface area contributed by atoms with E-state index in [1.807, 2.05) is 6.92 Å². The van der Waals surface area contributed by atoms with Crippen molar-refractivity contribution in [3.63, 3.8) is 0 Å². The first-order chi connectivity index (χ1) is 7.54.